The molecule has 1 rings (SSSR count). The van der Waals surface area contributed by atoms with Crippen LogP contribution >= 0.6 is 0 Å². The van der Waals surface area contributed by atoms with Crippen LogP contribution in [-0.2, 0) is 4.79 Å². The Morgan fingerprint density at radius 1 is 1.28 bits per heavy atom. The SMILES string of the molecule is CCN(CC)C(C)CC(=O)Nc1ccc(F)cc1. The molecule has 0 radical (unpaired) electrons. The lowest BCUT2D eigenvalue weighted by molar-refractivity contribution is -0.117. The first-order valence-corrected chi connectivity index (χ1v) is 6.36. The summed E-state index contributed by atoms with van der Waals surface area (Å²) in [6, 6.07) is 6.01. The van der Waals surface area contributed by atoms with Gasteiger partial charge in [-0.15, -0.1) is 0 Å². The summed E-state index contributed by atoms with van der Waals surface area (Å²) >= 11 is 0. The second kappa shape index (κ2) is 7.11. The predicted molar refractivity (Wildman–Crippen MR) is 72.0 cm³/mol. The van der Waals surface area contributed by atoms with E-state index in [2.05, 4.69) is 24.1 Å². The molecule has 0 fully saturated rings. The number of carbonyl (C=O) groups excluding carboxylic acids is 1. The van der Waals surface area contributed by atoms with Gasteiger partial charge in [0.25, 0.3) is 0 Å². The lowest BCUT2D eigenvalue weighted by atomic mass is 10.2. The van der Waals surface area contributed by atoms with Crippen LogP contribution in [0.5, 0.6) is 0 Å². The van der Waals surface area contributed by atoms with E-state index in [4.69, 9.17) is 0 Å². The fraction of sp³-hybridized carbons (Fsp3) is 0.500. The Morgan fingerprint density at radius 2 is 1.83 bits per heavy atom. The number of hydrogen-bond donors (Lipinski definition) is 1. The van der Waals surface area contributed by atoms with E-state index in [1.807, 2.05) is 6.92 Å². The van der Waals surface area contributed by atoms with Gasteiger partial charge in [-0.25, -0.2) is 4.39 Å². The first-order valence-electron chi connectivity index (χ1n) is 6.36. The minimum absolute atomic E-state index is 0.0407. The molecule has 0 aliphatic rings. The Labute approximate surface area is 108 Å². The minimum Gasteiger partial charge on any atom is -0.326 e. The quantitative estimate of drug-likeness (QED) is 0.844. The lowest BCUT2D eigenvalue weighted by Crippen LogP contribution is -2.35. The molecule has 0 bridgehead atoms. The van der Waals surface area contributed by atoms with E-state index in [1.54, 1.807) is 12.1 Å². The number of carbonyl (C=O) groups is 1. The summed E-state index contributed by atoms with van der Waals surface area (Å²) < 4.78 is 12.7. The molecular formula is C14H21FN2O. The van der Waals surface area contributed by atoms with Crippen molar-refractivity contribution in [1.82, 2.24) is 4.90 Å². The van der Waals surface area contributed by atoms with E-state index >= 15 is 0 Å². The molecule has 0 saturated heterocycles. The van der Waals surface area contributed by atoms with Gasteiger partial charge in [0.05, 0.1) is 0 Å². The largest absolute Gasteiger partial charge is 0.326 e. The van der Waals surface area contributed by atoms with Gasteiger partial charge < -0.3 is 10.2 Å². The Kier molecular flexibility index (Phi) is 5.78. The number of rotatable bonds is 6. The average Bonchev–Trinajstić information content (AvgIpc) is 2.33. The van der Waals surface area contributed by atoms with Gasteiger partial charge in [0.1, 0.15) is 5.82 Å². The molecule has 0 aliphatic heterocycles. The van der Waals surface area contributed by atoms with Crippen LogP contribution in [0, 0.1) is 5.82 Å². The van der Waals surface area contributed by atoms with Crippen LogP contribution in [0.1, 0.15) is 27.2 Å². The van der Waals surface area contributed by atoms with Gasteiger partial charge in [0.2, 0.25) is 5.91 Å². The minimum atomic E-state index is -0.301. The topological polar surface area (TPSA) is 32.3 Å². The number of hydrogen-bond acceptors (Lipinski definition) is 2. The third-order valence-corrected chi connectivity index (χ3v) is 3.04. The summed E-state index contributed by atoms with van der Waals surface area (Å²) in [5.74, 6) is -0.342. The number of benzene rings is 1. The average molecular weight is 252 g/mol. The zero-order chi connectivity index (χ0) is 13.5. The Balaban J connectivity index is 2.48. The molecule has 0 aromatic heterocycles. The standard InChI is InChI=1S/C14H21FN2O/c1-4-17(5-2)11(3)10-14(18)16-13-8-6-12(15)7-9-13/h6-9,11H,4-5,10H2,1-3H3,(H,16,18). The molecule has 3 nitrogen and oxygen atoms in total. The van der Waals surface area contributed by atoms with E-state index in [1.165, 1.54) is 12.1 Å². The second-order valence-electron chi connectivity index (χ2n) is 4.33. The van der Waals surface area contributed by atoms with Crippen LogP contribution in [-0.4, -0.2) is 29.9 Å². The van der Waals surface area contributed by atoms with Gasteiger partial charge in [-0.05, 0) is 44.3 Å². The molecule has 4 heteroatoms. The first kappa shape index (κ1) is 14.6. The highest BCUT2D eigenvalue weighted by Crippen LogP contribution is 2.10. The maximum Gasteiger partial charge on any atom is 0.225 e. The van der Waals surface area contributed by atoms with E-state index < -0.39 is 0 Å². The summed E-state index contributed by atoms with van der Waals surface area (Å²) in [5, 5.41) is 2.77. The van der Waals surface area contributed by atoms with Crippen molar-refractivity contribution in [3.05, 3.63) is 30.1 Å². The highest BCUT2D eigenvalue weighted by atomic mass is 19.1. The molecule has 100 valence electrons. The molecule has 1 amide bonds. The van der Waals surface area contributed by atoms with E-state index in [-0.39, 0.29) is 17.8 Å². The van der Waals surface area contributed by atoms with Crippen molar-refractivity contribution >= 4 is 11.6 Å². The van der Waals surface area contributed by atoms with Crippen molar-refractivity contribution in [2.45, 2.75) is 33.2 Å². The number of nitrogens with one attached hydrogen (secondary N) is 1. The maximum absolute atomic E-state index is 12.7. The zero-order valence-electron chi connectivity index (χ0n) is 11.2. The van der Waals surface area contributed by atoms with E-state index in [9.17, 15) is 9.18 Å². The molecule has 0 aliphatic carbocycles. The molecule has 0 heterocycles. The molecule has 18 heavy (non-hydrogen) atoms. The van der Waals surface area contributed by atoms with E-state index in [0.29, 0.717) is 12.1 Å². The molecule has 1 aromatic carbocycles. The van der Waals surface area contributed by atoms with Gasteiger partial charge in [-0.2, -0.15) is 0 Å². The van der Waals surface area contributed by atoms with Crippen molar-refractivity contribution in [1.29, 1.82) is 0 Å². The van der Waals surface area contributed by atoms with Gasteiger partial charge in [-0.1, -0.05) is 13.8 Å². The maximum atomic E-state index is 12.7. The molecular weight excluding hydrogens is 231 g/mol. The van der Waals surface area contributed by atoms with E-state index in [0.717, 1.165) is 13.1 Å². The highest BCUT2D eigenvalue weighted by molar-refractivity contribution is 5.91. The van der Waals surface area contributed by atoms with Gasteiger partial charge in [0.15, 0.2) is 0 Å². The fourth-order valence-electron chi connectivity index (χ4n) is 1.99. The van der Waals surface area contributed by atoms with Crippen molar-refractivity contribution in [2.24, 2.45) is 0 Å². The smallest absolute Gasteiger partial charge is 0.225 e. The van der Waals surface area contributed by atoms with Crippen LogP contribution in [0.2, 0.25) is 0 Å². The van der Waals surface area contributed by atoms with Crippen molar-refractivity contribution in [2.75, 3.05) is 18.4 Å². The third kappa shape index (κ3) is 4.45. The molecule has 1 unspecified atom stereocenters. The van der Waals surface area contributed by atoms with Crippen molar-refractivity contribution in [3.63, 3.8) is 0 Å². The Bertz CT molecular complexity index is 374. The zero-order valence-corrected chi connectivity index (χ0v) is 11.2. The lowest BCUT2D eigenvalue weighted by Gasteiger charge is -2.25. The molecule has 0 saturated carbocycles. The molecule has 1 N–H and O–H groups in total. The van der Waals surface area contributed by atoms with Gasteiger partial charge in [-0.3, -0.25) is 4.79 Å². The van der Waals surface area contributed by atoms with Crippen LogP contribution in [0.25, 0.3) is 0 Å². The summed E-state index contributed by atoms with van der Waals surface area (Å²) in [6.45, 7) is 8.07. The normalized spacial score (nSPS) is 12.5. The van der Waals surface area contributed by atoms with Crippen molar-refractivity contribution in [3.8, 4) is 0 Å². The second-order valence-corrected chi connectivity index (χ2v) is 4.33. The van der Waals surface area contributed by atoms with Gasteiger partial charge in [0, 0.05) is 18.2 Å². The number of amides is 1. The number of nitrogens with zero attached hydrogens (tertiary/aromatic N) is 1. The van der Waals surface area contributed by atoms with Crippen LogP contribution in [0.15, 0.2) is 24.3 Å². The Hall–Kier alpha value is -1.42. The van der Waals surface area contributed by atoms with Crippen LogP contribution < -0.4 is 5.32 Å². The Morgan fingerprint density at radius 3 is 2.33 bits per heavy atom. The predicted octanol–water partition coefficient (Wildman–Crippen LogP) is 2.88. The highest BCUT2D eigenvalue weighted by Gasteiger charge is 2.14. The van der Waals surface area contributed by atoms with Gasteiger partial charge >= 0.3 is 0 Å². The molecule has 1 aromatic rings. The summed E-state index contributed by atoms with van der Waals surface area (Å²) in [5.41, 5.74) is 0.633. The molecule has 0 spiro atoms. The molecule has 1 atom stereocenters. The van der Waals surface area contributed by atoms with Crippen molar-refractivity contribution < 1.29 is 9.18 Å². The summed E-state index contributed by atoms with van der Waals surface area (Å²) in [4.78, 5) is 14.0. The third-order valence-electron chi connectivity index (χ3n) is 3.04. The number of anilines is 1. The first-order chi connectivity index (χ1) is 8.56. The summed E-state index contributed by atoms with van der Waals surface area (Å²) in [6.07, 6.45) is 0.444. The summed E-state index contributed by atoms with van der Waals surface area (Å²) in [7, 11) is 0. The van der Waals surface area contributed by atoms with Crippen LogP contribution in [0.4, 0.5) is 10.1 Å². The number of halogens is 1. The fourth-order valence-corrected chi connectivity index (χ4v) is 1.99. The monoisotopic (exact) mass is 252 g/mol. The van der Waals surface area contributed by atoms with Crippen LogP contribution in [0.3, 0.4) is 0 Å².